The zero-order chi connectivity index (χ0) is 22.7. The Balaban J connectivity index is 1.47. The van der Waals surface area contributed by atoms with Crippen molar-refractivity contribution in [2.75, 3.05) is 12.4 Å². The van der Waals surface area contributed by atoms with Crippen molar-refractivity contribution < 1.29 is 14.3 Å². The number of nitrogens with one attached hydrogen (secondary N) is 1. The minimum atomic E-state index is -0.512. The molecule has 0 spiro atoms. The number of hydrogen-bond donors (Lipinski definition) is 1. The first-order valence-corrected chi connectivity index (χ1v) is 10.4. The minimum absolute atomic E-state index is 0.276. The lowest BCUT2D eigenvalue weighted by Gasteiger charge is -2.05. The Labute approximate surface area is 187 Å². The van der Waals surface area contributed by atoms with Crippen molar-refractivity contribution in [1.82, 2.24) is 19.4 Å². The Hall–Kier alpha value is -3.92. The summed E-state index contributed by atoms with van der Waals surface area (Å²) in [7, 11) is 1.30. The van der Waals surface area contributed by atoms with Gasteiger partial charge in [-0.2, -0.15) is 9.61 Å². The minimum Gasteiger partial charge on any atom is -0.465 e. The van der Waals surface area contributed by atoms with E-state index in [1.807, 2.05) is 31.2 Å². The van der Waals surface area contributed by atoms with E-state index in [0.717, 1.165) is 15.1 Å². The second kappa shape index (κ2) is 9.06. The predicted octanol–water partition coefficient (Wildman–Crippen LogP) is 2.78. The fraction of sp³-hybridized carbons (Fsp3) is 0.136. The van der Waals surface area contributed by atoms with Gasteiger partial charge in [0.05, 0.1) is 12.7 Å². The summed E-state index contributed by atoms with van der Waals surface area (Å²) >= 11 is 1.43. The van der Waals surface area contributed by atoms with Crippen molar-refractivity contribution in [3.05, 3.63) is 82.3 Å². The number of anilines is 1. The summed E-state index contributed by atoms with van der Waals surface area (Å²) in [6.45, 7) is 1.74. The van der Waals surface area contributed by atoms with E-state index in [0.29, 0.717) is 21.9 Å². The third-order valence-electron chi connectivity index (χ3n) is 4.54. The van der Waals surface area contributed by atoms with Crippen LogP contribution >= 0.6 is 11.8 Å². The first-order valence-electron chi connectivity index (χ1n) is 9.62. The number of methoxy groups -OCH3 is 1. The van der Waals surface area contributed by atoms with Crippen LogP contribution in [-0.4, -0.2) is 38.4 Å². The highest BCUT2D eigenvalue weighted by atomic mass is 32.2. The van der Waals surface area contributed by atoms with Crippen molar-refractivity contribution in [1.29, 1.82) is 0 Å². The lowest BCUT2D eigenvalue weighted by atomic mass is 10.2. The zero-order valence-electron chi connectivity index (χ0n) is 17.3. The lowest BCUT2D eigenvalue weighted by molar-refractivity contribution is -0.117. The van der Waals surface area contributed by atoms with Gasteiger partial charge < -0.3 is 10.1 Å². The number of fused-ring (bicyclic) bond motifs is 1. The summed E-state index contributed by atoms with van der Waals surface area (Å²) in [6, 6.07) is 17.7. The molecule has 0 unspecified atom stereocenters. The van der Waals surface area contributed by atoms with Crippen LogP contribution in [0, 0.1) is 6.92 Å². The maximum absolute atomic E-state index is 12.7. The fourth-order valence-electron chi connectivity index (χ4n) is 2.92. The van der Waals surface area contributed by atoms with Crippen LogP contribution in [-0.2, 0) is 16.1 Å². The van der Waals surface area contributed by atoms with Gasteiger partial charge in [-0.25, -0.2) is 14.3 Å². The largest absolute Gasteiger partial charge is 0.465 e. The number of carbonyl (C=O) groups is 2. The number of amides is 1. The van der Waals surface area contributed by atoms with Crippen molar-refractivity contribution in [2.24, 2.45) is 0 Å². The third-order valence-corrected chi connectivity index (χ3v) is 5.48. The first kappa shape index (κ1) is 21.3. The standard InChI is InChI=1S/C22H19N5O4S/c1-14-3-9-17(10-4-14)32-20-12-11-18-24-26(22(30)27(18)25-20)13-19(28)23-16-7-5-15(6-8-16)21(29)31-2/h3-12H,13H2,1-2H3,(H,23,28). The Kier molecular flexibility index (Phi) is 6.04. The second-order valence-electron chi connectivity index (χ2n) is 6.91. The van der Waals surface area contributed by atoms with Gasteiger partial charge in [-0.3, -0.25) is 4.79 Å². The molecule has 10 heteroatoms. The van der Waals surface area contributed by atoms with Gasteiger partial charge >= 0.3 is 11.7 Å². The molecule has 0 aliphatic heterocycles. The van der Waals surface area contributed by atoms with Gasteiger partial charge in [0.1, 0.15) is 11.6 Å². The number of hydrogen-bond acceptors (Lipinski definition) is 7. The number of carbonyl (C=O) groups excluding carboxylic acids is 2. The zero-order valence-corrected chi connectivity index (χ0v) is 18.1. The number of esters is 1. The summed E-state index contributed by atoms with van der Waals surface area (Å²) in [5.41, 5.74) is 1.84. The average Bonchev–Trinajstić information content (AvgIpc) is 3.10. The second-order valence-corrected chi connectivity index (χ2v) is 8.01. The third kappa shape index (κ3) is 4.70. The highest BCUT2D eigenvalue weighted by Gasteiger charge is 2.13. The number of aryl methyl sites for hydroxylation is 1. The van der Waals surface area contributed by atoms with Gasteiger partial charge in [0.25, 0.3) is 0 Å². The van der Waals surface area contributed by atoms with Crippen LogP contribution in [0.15, 0.2) is 75.4 Å². The van der Waals surface area contributed by atoms with Gasteiger partial charge in [-0.1, -0.05) is 29.5 Å². The molecule has 4 rings (SSSR count). The molecule has 2 aromatic carbocycles. The van der Waals surface area contributed by atoms with Gasteiger partial charge in [-0.05, 0) is 55.5 Å². The molecule has 0 aliphatic carbocycles. The van der Waals surface area contributed by atoms with E-state index in [1.54, 1.807) is 24.3 Å². The smallest absolute Gasteiger partial charge is 0.367 e. The summed E-state index contributed by atoms with van der Waals surface area (Å²) in [6.07, 6.45) is 0. The number of aromatic nitrogens is 4. The molecule has 0 saturated heterocycles. The van der Waals surface area contributed by atoms with Crippen LogP contribution in [0.2, 0.25) is 0 Å². The van der Waals surface area contributed by atoms with E-state index >= 15 is 0 Å². The van der Waals surface area contributed by atoms with Crippen LogP contribution in [0.5, 0.6) is 0 Å². The van der Waals surface area contributed by atoms with Gasteiger partial charge in [0.15, 0.2) is 5.65 Å². The average molecular weight is 449 g/mol. The monoisotopic (exact) mass is 449 g/mol. The molecule has 2 heterocycles. The lowest BCUT2D eigenvalue weighted by Crippen LogP contribution is -2.28. The molecular weight excluding hydrogens is 430 g/mol. The molecular formula is C22H19N5O4S. The normalized spacial score (nSPS) is 10.8. The summed E-state index contributed by atoms with van der Waals surface area (Å²) < 4.78 is 6.87. The quantitative estimate of drug-likeness (QED) is 0.451. The van der Waals surface area contributed by atoms with E-state index in [1.165, 1.54) is 35.5 Å². The van der Waals surface area contributed by atoms with Crippen LogP contribution in [0.3, 0.4) is 0 Å². The Bertz CT molecular complexity index is 1340. The maximum Gasteiger partial charge on any atom is 0.367 e. The predicted molar refractivity (Wildman–Crippen MR) is 119 cm³/mol. The van der Waals surface area contributed by atoms with Crippen molar-refractivity contribution in [3.63, 3.8) is 0 Å². The van der Waals surface area contributed by atoms with Crippen molar-refractivity contribution in [3.8, 4) is 0 Å². The highest BCUT2D eigenvalue weighted by Crippen LogP contribution is 2.25. The summed E-state index contributed by atoms with van der Waals surface area (Å²) in [5, 5.41) is 11.8. The Morgan fingerprint density at radius 1 is 1.00 bits per heavy atom. The Morgan fingerprint density at radius 3 is 2.41 bits per heavy atom. The van der Waals surface area contributed by atoms with E-state index in [9.17, 15) is 14.4 Å². The fourth-order valence-corrected chi connectivity index (χ4v) is 3.69. The van der Waals surface area contributed by atoms with Crippen molar-refractivity contribution >= 4 is 35.0 Å². The number of benzene rings is 2. The van der Waals surface area contributed by atoms with Crippen LogP contribution < -0.4 is 11.0 Å². The van der Waals surface area contributed by atoms with Crippen molar-refractivity contribution in [2.45, 2.75) is 23.4 Å². The SMILES string of the molecule is COC(=O)c1ccc(NC(=O)Cn2nc3ccc(Sc4ccc(C)cc4)nn3c2=O)cc1. The van der Waals surface area contributed by atoms with Crippen LogP contribution in [0.1, 0.15) is 15.9 Å². The molecule has 0 radical (unpaired) electrons. The van der Waals surface area contributed by atoms with E-state index in [4.69, 9.17) is 0 Å². The molecule has 0 atom stereocenters. The van der Waals surface area contributed by atoms with Gasteiger partial charge in [0, 0.05) is 10.6 Å². The van der Waals surface area contributed by atoms with E-state index in [-0.39, 0.29) is 6.54 Å². The van der Waals surface area contributed by atoms with E-state index < -0.39 is 17.6 Å². The molecule has 32 heavy (non-hydrogen) atoms. The molecule has 0 fully saturated rings. The molecule has 0 aliphatic rings. The number of ether oxygens (including phenoxy) is 1. The van der Waals surface area contributed by atoms with Crippen LogP contribution in [0.4, 0.5) is 5.69 Å². The molecule has 0 bridgehead atoms. The first-order chi connectivity index (χ1) is 15.4. The van der Waals surface area contributed by atoms with Crippen LogP contribution in [0.25, 0.3) is 5.65 Å². The topological polar surface area (TPSA) is 108 Å². The summed E-state index contributed by atoms with van der Waals surface area (Å²) in [5.74, 6) is -0.901. The molecule has 2 aromatic heterocycles. The molecule has 162 valence electrons. The molecule has 4 aromatic rings. The summed E-state index contributed by atoms with van der Waals surface area (Å²) in [4.78, 5) is 37.5. The Morgan fingerprint density at radius 2 is 1.72 bits per heavy atom. The molecule has 1 N–H and O–H groups in total. The molecule has 0 saturated carbocycles. The number of nitrogens with zero attached hydrogens (tertiary/aromatic N) is 4. The van der Waals surface area contributed by atoms with Gasteiger partial charge in [0.2, 0.25) is 5.91 Å². The van der Waals surface area contributed by atoms with Gasteiger partial charge in [-0.15, -0.1) is 5.10 Å². The molecule has 1 amide bonds. The number of rotatable bonds is 6. The van der Waals surface area contributed by atoms with E-state index in [2.05, 4.69) is 20.3 Å². The highest BCUT2D eigenvalue weighted by molar-refractivity contribution is 7.99. The molecule has 9 nitrogen and oxygen atoms in total. The maximum atomic E-state index is 12.7.